The molecule has 642 valence electrons. The number of Topliss-reactive ketones (excluding diaryl/α,β-unsaturated/α-hetero) is 1. The van der Waals surface area contributed by atoms with Gasteiger partial charge in [0.05, 0.1) is 66.1 Å². The molecule has 42 nitrogen and oxygen atoms in total. The van der Waals surface area contributed by atoms with Crippen LogP contribution < -0.4 is 0 Å². The third-order valence-electron chi connectivity index (χ3n) is 4.16. The summed E-state index contributed by atoms with van der Waals surface area (Å²) in [4.78, 5) is 198. The van der Waals surface area contributed by atoms with E-state index in [1.165, 1.54) is 76.2 Å². The summed E-state index contributed by atoms with van der Waals surface area (Å²) < 4.78 is 44.0. The Morgan fingerprint density at radius 2 is 0.243 bits per heavy atom. The summed E-state index contributed by atoms with van der Waals surface area (Å²) >= 11 is 0. The minimum absolute atomic E-state index is 0.125. The van der Waals surface area contributed by atoms with Gasteiger partial charge in [-0.15, -0.1) is 0 Å². The lowest BCUT2D eigenvalue weighted by Crippen LogP contribution is -1.95. The van der Waals surface area contributed by atoms with Crippen LogP contribution in [0.5, 0.6) is 0 Å². The minimum Gasteiger partial charge on any atom is -0.481 e. The molecule has 0 unspecified atom stereocenters. The summed E-state index contributed by atoms with van der Waals surface area (Å²) in [6.45, 7) is 49.0. The number of hydrogen-bond acceptors (Lipinski definition) is 32. The van der Waals surface area contributed by atoms with E-state index in [0.29, 0.717) is 78.9 Å². The van der Waals surface area contributed by atoms with E-state index >= 15 is 0 Å². The Morgan fingerprint density at radius 1 is 0.178 bits per heavy atom. The van der Waals surface area contributed by atoms with Gasteiger partial charge in [-0.1, -0.05) is 0 Å². The summed E-state index contributed by atoms with van der Waals surface area (Å²) in [6.07, 6.45) is 1.12. The molecule has 0 amide bonds. The Balaban J connectivity index is -0.0000000383. The van der Waals surface area contributed by atoms with Crippen molar-refractivity contribution in [2.24, 2.45) is 0 Å². The Labute approximate surface area is 627 Å². The second-order valence-electron chi connectivity index (χ2n) is 16.0. The summed E-state index contributed by atoms with van der Waals surface area (Å²) in [7, 11) is 0. The number of aliphatic carboxylic acids is 10. The average molecular weight is 1580 g/mol. The summed E-state index contributed by atoms with van der Waals surface area (Å²) in [5.74, 6) is -10.3. The number of carbonyl (C=O) groups excluding carboxylic acids is 11. The Hall–Kier alpha value is -11.0. The first-order valence-electron chi connectivity index (χ1n) is 30.7. The maximum Gasteiger partial charge on any atom is 0.302 e. The van der Waals surface area contributed by atoms with Crippen molar-refractivity contribution in [3.63, 3.8) is 0 Å². The summed E-state index contributed by atoms with van der Waals surface area (Å²) in [6, 6.07) is 0. The van der Waals surface area contributed by atoms with E-state index in [-0.39, 0.29) is 72.1 Å². The lowest BCUT2D eigenvalue weighted by atomic mass is 10.2. The van der Waals surface area contributed by atoms with Crippen molar-refractivity contribution < 1.29 is 204 Å². The van der Waals surface area contributed by atoms with Gasteiger partial charge in [0, 0.05) is 152 Å². The lowest BCUT2D eigenvalue weighted by Gasteiger charge is -1.89. The molecule has 0 radical (unpaired) electrons. The van der Waals surface area contributed by atoms with Crippen molar-refractivity contribution in [3.05, 3.63) is 0 Å². The molecular weight excluding hydrogens is 1450 g/mol. The molecule has 0 aromatic carbocycles. The van der Waals surface area contributed by atoms with E-state index in [9.17, 15) is 52.7 Å². The van der Waals surface area contributed by atoms with Crippen LogP contribution >= 0.6 is 0 Å². The molecule has 0 fully saturated rings. The highest BCUT2D eigenvalue weighted by Gasteiger charge is 1.89. The van der Waals surface area contributed by atoms with E-state index in [1.54, 1.807) is 69.2 Å². The maximum absolute atomic E-state index is 10.1. The molecular formula is C65H130O42. The summed E-state index contributed by atoms with van der Waals surface area (Å²) in [5.41, 5.74) is 0. The molecule has 0 saturated heterocycles. The fourth-order valence-corrected chi connectivity index (χ4v) is 2.36. The fraction of sp³-hybridized carbons (Fsp3) is 0.677. The number of aliphatic hydroxyl groups excluding tert-OH is 1. The SMILES string of the molecule is CC(=O)CCCO.CC(=O)O.CC(=O)O.CC(=O)O.CC(=O)O.CC(=O)O.CC(=O)O.CC(=O)O.CC(=O)O.CC(=O)O.CC(=O)O.CCOC(C)=O.CCOC(C)=O.CCOC(C)=O.CCOC(C)=O.CCOC(C)=O.CCOC(C)=O.CCOC(C)=O.CCOC(C)=O.CCOC(C)=O.CCOC(C)=O. The number of ether oxygens (including phenoxy) is 10. The van der Waals surface area contributed by atoms with Crippen LogP contribution in [0.2, 0.25) is 0 Å². The van der Waals surface area contributed by atoms with Gasteiger partial charge in [-0.25, -0.2) is 0 Å². The van der Waals surface area contributed by atoms with Crippen molar-refractivity contribution in [3.8, 4) is 0 Å². The molecule has 0 atom stereocenters. The van der Waals surface area contributed by atoms with Gasteiger partial charge in [-0.3, -0.25) is 95.9 Å². The highest BCUT2D eigenvalue weighted by atomic mass is 16.6. The Bertz CT molecular complexity index is 1670. The third-order valence-corrected chi connectivity index (χ3v) is 4.16. The maximum atomic E-state index is 10.1. The average Bonchev–Trinajstić information content (AvgIpc) is 3.67. The van der Waals surface area contributed by atoms with Crippen molar-refractivity contribution in [2.45, 2.75) is 227 Å². The van der Waals surface area contributed by atoms with Crippen molar-refractivity contribution >= 4 is 125 Å². The van der Waals surface area contributed by atoms with E-state index in [1.807, 2.05) is 0 Å². The number of carbonyl (C=O) groups is 21. The van der Waals surface area contributed by atoms with Crippen molar-refractivity contribution in [1.82, 2.24) is 0 Å². The smallest absolute Gasteiger partial charge is 0.302 e. The van der Waals surface area contributed by atoms with Crippen LogP contribution in [0.3, 0.4) is 0 Å². The standard InChI is InChI=1S/C5H10O2.10C4H8O2.10C2H4O2/c1-5(7)3-2-4-6;10*1-3-6-4(2)5;10*1-2(3)4/h6H,2-4H2,1H3;10*3H2,1-2H3;10*1H3,(H,3,4). The van der Waals surface area contributed by atoms with E-state index in [2.05, 4.69) is 47.4 Å². The number of esters is 10. The molecule has 0 bridgehead atoms. The number of rotatable bonds is 13. The molecule has 0 spiro atoms. The van der Waals surface area contributed by atoms with Crippen LogP contribution in [0.1, 0.15) is 227 Å². The zero-order valence-electron chi connectivity index (χ0n) is 68.3. The zero-order valence-corrected chi connectivity index (χ0v) is 68.3. The summed E-state index contributed by atoms with van der Waals surface area (Å²) in [5, 5.41) is 82.3. The number of aliphatic hydroxyl groups is 1. The molecule has 11 N–H and O–H groups in total. The normalized spacial score (nSPS) is 7.21. The number of ketones is 1. The van der Waals surface area contributed by atoms with E-state index in [4.69, 9.17) is 104 Å². The first kappa shape index (κ1) is 154. The number of carboxylic acid groups (broad SMARTS) is 10. The van der Waals surface area contributed by atoms with Crippen LogP contribution in [-0.4, -0.2) is 254 Å². The van der Waals surface area contributed by atoms with Crippen molar-refractivity contribution in [1.29, 1.82) is 0 Å². The van der Waals surface area contributed by atoms with Gasteiger partial charge in [0.2, 0.25) is 0 Å². The zero-order chi connectivity index (χ0) is 91.4. The highest BCUT2D eigenvalue weighted by molar-refractivity contribution is 5.75. The van der Waals surface area contributed by atoms with E-state index < -0.39 is 59.7 Å². The molecule has 0 aliphatic carbocycles. The van der Waals surface area contributed by atoms with Gasteiger partial charge in [0.1, 0.15) is 5.78 Å². The van der Waals surface area contributed by atoms with Crippen LogP contribution in [0, 0.1) is 0 Å². The Kier molecular flexibility index (Phi) is 215. The quantitative estimate of drug-likeness (QED) is 0.0656. The first-order valence-corrected chi connectivity index (χ1v) is 30.7. The predicted molar refractivity (Wildman–Crippen MR) is 383 cm³/mol. The lowest BCUT2D eigenvalue weighted by molar-refractivity contribution is -0.141. The van der Waals surface area contributed by atoms with Crippen LogP contribution in [0.25, 0.3) is 0 Å². The van der Waals surface area contributed by atoms with Gasteiger partial charge < -0.3 is 108 Å². The second kappa shape index (κ2) is 149. The molecule has 42 heteroatoms. The second-order valence-corrected chi connectivity index (χ2v) is 16.0. The van der Waals surface area contributed by atoms with Gasteiger partial charge in [-0.05, 0) is 82.6 Å². The van der Waals surface area contributed by atoms with E-state index in [0.717, 1.165) is 69.2 Å². The fourth-order valence-electron chi connectivity index (χ4n) is 2.36. The first-order chi connectivity index (χ1) is 48.3. The predicted octanol–water partition coefficient (Wildman–Crippen LogP) is 6.95. The van der Waals surface area contributed by atoms with Crippen molar-refractivity contribution in [2.75, 3.05) is 72.7 Å². The molecule has 0 aromatic heterocycles. The minimum atomic E-state index is -0.833. The largest absolute Gasteiger partial charge is 0.481 e. The molecule has 0 aromatic rings. The molecule has 0 heterocycles. The van der Waals surface area contributed by atoms with Crippen LogP contribution in [-0.2, 0) is 148 Å². The Morgan fingerprint density at radius 3 is 0.252 bits per heavy atom. The molecule has 0 aliphatic rings. The van der Waals surface area contributed by atoms with Gasteiger partial charge >= 0.3 is 59.7 Å². The molecule has 0 saturated carbocycles. The molecule has 107 heavy (non-hydrogen) atoms. The number of hydrogen-bond donors (Lipinski definition) is 11. The van der Waals surface area contributed by atoms with Gasteiger partial charge in [0.25, 0.3) is 59.7 Å². The van der Waals surface area contributed by atoms with Gasteiger partial charge in [0.15, 0.2) is 0 Å². The number of carboxylic acids is 10. The highest BCUT2D eigenvalue weighted by Crippen LogP contribution is 1.86. The van der Waals surface area contributed by atoms with Gasteiger partial charge in [-0.2, -0.15) is 0 Å². The van der Waals surface area contributed by atoms with Crippen LogP contribution in [0.15, 0.2) is 0 Å². The monoisotopic (exact) mass is 1580 g/mol. The topological polar surface area (TPSA) is 673 Å². The van der Waals surface area contributed by atoms with Crippen LogP contribution in [0.4, 0.5) is 0 Å². The molecule has 0 rings (SSSR count). The third kappa shape index (κ3) is 1550. The molecule has 0 aliphatic heterocycles.